The topological polar surface area (TPSA) is 26.3 Å². The molecular weight excluding hydrogens is 238 g/mol. The van der Waals surface area contributed by atoms with Gasteiger partial charge >= 0.3 is 5.97 Å². The largest absolute Gasteiger partial charge is 0.466 e. The summed E-state index contributed by atoms with van der Waals surface area (Å²) in [5, 5.41) is 0. The van der Waals surface area contributed by atoms with Crippen LogP contribution in [0, 0.1) is 17.6 Å². The van der Waals surface area contributed by atoms with Crippen LogP contribution >= 0.6 is 0 Å². The predicted octanol–water partition coefficient (Wildman–Crippen LogP) is 3.19. The van der Waals surface area contributed by atoms with Gasteiger partial charge in [-0.2, -0.15) is 0 Å². The molecule has 2 nitrogen and oxygen atoms in total. The normalized spacial score (nSPS) is 22.4. The first kappa shape index (κ1) is 13.0. The van der Waals surface area contributed by atoms with Gasteiger partial charge in [0, 0.05) is 0 Å². The molecule has 0 radical (unpaired) electrons. The molecule has 0 saturated heterocycles. The summed E-state index contributed by atoms with van der Waals surface area (Å²) in [7, 11) is 0. The van der Waals surface area contributed by atoms with Crippen molar-refractivity contribution in [2.24, 2.45) is 5.92 Å². The number of benzene rings is 1. The minimum atomic E-state index is -0.437. The molecule has 1 aliphatic rings. The molecule has 0 aliphatic heterocycles. The van der Waals surface area contributed by atoms with Gasteiger partial charge in [-0.25, -0.2) is 8.78 Å². The Morgan fingerprint density at radius 3 is 2.72 bits per heavy atom. The van der Waals surface area contributed by atoms with Crippen molar-refractivity contribution in [3.63, 3.8) is 0 Å². The maximum atomic E-state index is 13.8. The fraction of sp³-hybridized carbons (Fsp3) is 0.500. The maximum absolute atomic E-state index is 13.8. The Kier molecular flexibility index (Phi) is 3.64. The van der Waals surface area contributed by atoms with Crippen molar-refractivity contribution >= 4 is 5.97 Å². The Hall–Kier alpha value is -1.45. The minimum absolute atomic E-state index is 0.306. The summed E-state index contributed by atoms with van der Waals surface area (Å²) in [6, 6.07) is 2.27. The van der Waals surface area contributed by atoms with Crippen molar-refractivity contribution in [2.45, 2.75) is 32.6 Å². The zero-order chi connectivity index (χ0) is 13.3. The number of esters is 1. The molecule has 18 heavy (non-hydrogen) atoms. The van der Waals surface area contributed by atoms with Gasteiger partial charge in [0.05, 0.1) is 12.5 Å². The summed E-state index contributed by atoms with van der Waals surface area (Å²) < 4.78 is 32.4. The third-order valence-corrected chi connectivity index (χ3v) is 3.60. The lowest BCUT2D eigenvalue weighted by atomic mass is 9.75. The van der Waals surface area contributed by atoms with E-state index in [-0.39, 0.29) is 23.6 Å². The van der Waals surface area contributed by atoms with Crippen LogP contribution in [0.15, 0.2) is 12.1 Å². The summed E-state index contributed by atoms with van der Waals surface area (Å²) in [5.74, 6) is -1.87. The Morgan fingerprint density at radius 1 is 1.39 bits per heavy atom. The van der Waals surface area contributed by atoms with Gasteiger partial charge in [0.2, 0.25) is 0 Å². The predicted molar refractivity (Wildman–Crippen MR) is 63.2 cm³/mol. The second kappa shape index (κ2) is 5.04. The van der Waals surface area contributed by atoms with Gasteiger partial charge < -0.3 is 4.74 Å². The second-order valence-electron chi connectivity index (χ2n) is 4.61. The molecular formula is C14H16F2O2. The van der Waals surface area contributed by atoms with Crippen LogP contribution in [0.1, 0.15) is 37.3 Å². The van der Waals surface area contributed by atoms with Gasteiger partial charge in [0.25, 0.3) is 0 Å². The molecule has 2 rings (SSSR count). The number of ether oxygens (including phenoxy) is 1. The van der Waals surface area contributed by atoms with Crippen molar-refractivity contribution in [3.8, 4) is 0 Å². The summed E-state index contributed by atoms with van der Waals surface area (Å²) in [4.78, 5) is 11.8. The molecule has 0 bridgehead atoms. The fourth-order valence-electron chi connectivity index (χ4n) is 2.68. The summed E-state index contributed by atoms with van der Waals surface area (Å²) in [6.45, 7) is 3.79. The molecule has 0 spiro atoms. The van der Waals surface area contributed by atoms with E-state index in [1.54, 1.807) is 13.8 Å². The molecule has 2 unspecified atom stereocenters. The van der Waals surface area contributed by atoms with E-state index in [0.717, 1.165) is 12.1 Å². The van der Waals surface area contributed by atoms with E-state index >= 15 is 0 Å². The number of fused-ring (bicyclic) bond motifs is 1. The van der Waals surface area contributed by atoms with Crippen LogP contribution in [0.2, 0.25) is 0 Å². The smallest absolute Gasteiger partial charge is 0.309 e. The number of halogens is 2. The first-order valence-corrected chi connectivity index (χ1v) is 6.19. The maximum Gasteiger partial charge on any atom is 0.309 e. The lowest BCUT2D eigenvalue weighted by Crippen LogP contribution is -2.29. The van der Waals surface area contributed by atoms with Gasteiger partial charge in [-0.05, 0) is 48.9 Å². The highest BCUT2D eigenvalue weighted by atomic mass is 19.1. The molecule has 1 aromatic rings. The molecule has 0 saturated carbocycles. The van der Waals surface area contributed by atoms with Crippen LogP contribution < -0.4 is 0 Å². The van der Waals surface area contributed by atoms with Gasteiger partial charge in [0.1, 0.15) is 11.6 Å². The van der Waals surface area contributed by atoms with Crippen LogP contribution in [0.25, 0.3) is 0 Å². The second-order valence-corrected chi connectivity index (χ2v) is 4.61. The van der Waals surface area contributed by atoms with E-state index in [9.17, 15) is 13.6 Å². The Balaban J connectivity index is 2.36. The molecule has 2 atom stereocenters. The zero-order valence-electron chi connectivity index (χ0n) is 10.5. The van der Waals surface area contributed by atoms with Gasteiger partial charge in [-0.3, -0.25) is 4.79 Å². The Labute approximate surface area is 105 Å². The summed E-state index contributed by atoms with van der Waals surface area (Å²) in [5.41, 5.74) is 0.738. The molecule has 1 aromatic carbocycles. The van der Waals surface area contributed by atoms with Crippen LogP contribution in [-0.2, 0) is 16.0 Å². The first-order valence-electron chi connectivity index (χ1n) is 6.19. The highest BCUT2D eigenvalue weighted by molar-refractivity contribution is 5.74. The number of carbonyl (C=O) groups is 1. The van der Waals surface area contributed by atoms with Crippen LogP contribution in [0.3, 0.4) is 0 Å². The van der Waals surface area contributed by atoms with Crippen LogP contribution in [0.5, 0.6) is 0 Å². The molecule has 0 aromatic heterocycles. The zero-order valence-corrected chi connectivity index (χ0v) is 10.5. The number of rotatable bonds is 2. The van der Waals surface area contributed by atoms with Crippen molar-refractivity contribution in [1.82, 2.24) is 0 Å². The average Bonchev–Trinajstić information content (AvgIpc) is 2.34. The molecule has 98 valence electrons. The fourth-order valence-corrected chi connectivity index (χ4v) is 2.68. The summed E-state index contributed by atoms with van der Waals surface area (Å²) >= 11 is 0. The van der Waals surface area contributed by atoms with E-state index in [1.807, 2.05) is 0 Å². The quantitative estimate of drug-likeness (QED) is 0.758. The van der Waals surface area contributed by atoms with Crippen molar-refractivity contribution < 1.29 is 18.3 Å². The SMILES string of the molecule is CCOC(=O)C1CCc2c(F)ccc(F)c2C1C. The van der Waals surface area contributed by atoms with E-state index in [4.69, 9.17) is 4.74 Å². The molecule has 1 aliphatic carbocycles. The van der Waals surface area contributed by atoms with Gasteiger partial charge in [-0.15, -0.1) is 0 Å². The van der Waals surface area contributed by atoms with E-state index in [1.165, 1.54) is 0 Å². The van der Waals surface area contributed by atoms with E-state index < -0.39 is 5.82 Å². The Bertz CT molecular complexity index is 471. The third kappa shape index (κ3) is 2.11. The number of hydrogen-bond donors (Lipinski definition) is 0. The standard InChI is InChI=1S/C14H16F2O2/c1-3-18-14(17)9-4-5-10-11(15)6-7-12(16)13(10)8(9)2/h6-9H,3-5H2,1-2H3. The minimum Gasteiger partial charge on any atom is -0.466 e. The van der Waals surface area contributed by atoms with Crippen molar-refractivity contribution in [1.29, 1.82) is 0 Å². The monoisotopic (exact) mass is 254 g/mol. The van der Waals surface area contributed by atoms with Crippen molar-refractivity contribution in [2.75, 3.05) is 6.61 Å². The van der Waals surface area contributed by atoms with Gasteiger partial charge in [0.15, 0.2) is 0 Å². The van der Waals surface area contributed by atoms with E-state index in [0.29, 0.717) is 30.6 Å². The number of hydrogen-bond acceptors (Lipinski definition) is 2. The lowest BCUT2D eigenvalue weighted by Gasteiger charge is -2.30. The molecule has 4 heteroatoms. The average molecular weight is 254 g/mol. The van der Waals surface area contributed by atoms with Crippen molar-refractivity contribution in [3.05, 3.63) is 34.9 Å². The highest BCUT2D eigenvalue weighted by Gasteiger charge is 2.35. The number of carbonyl (C=O) groups excluding carboxylic acids is 1. The first-order chi connectivity index (χ1) is 8.56. The Morgan fingerprint density at radius 2 is 2.06 bits per heavy atom. The highest BCUT2D eigenvalue weighted by Crippen LogP contribution is 2.39. The molecule has 0 heterocycles. The van der Waals surface area contributed by atoms with Crippen LogP contribution in [0.4, 0.5) is 8.78 Å². The lowest BCUT2D eigenvalue weighted by molar-refractivity contribution is -0.149. The van der Waals surface area contributed by atoms with E-state index in [2.05, 4.69) is 0 Å². The van der Waals surface area contributed by atoms with Crippen LogP contribution in [-0.4, -0.2) is 12.6 Å². The summed E-state index contributed by atoms with van der Waals surface area (Å²) in [6.07, 6.45) is 0.889. The molecule has 0 fully saturated rings. The van der Waals surface area contributed by atoms with Gasteiger partial charge in [-0.1, -0.05) is 6.92 Å². The third-order valence-electron chi connectivity index (χ3n) is 3.60. The molecule has 0 amide bonds. The molecule has 0 N–H and O–H groups in total.